The number of anilines is 2. The summed E-state index contributed by atoms with van der Waals surface area (Å²) >= 11 is 0. The maximum atomic E-state index is 13.3. The maximum absolute atomic E-state index is 13.3. The van der Waals surface area contributed by atoms with E-state index in [1.165, 1.54) is 12.3 Å². The van der Waals surface area contributed by atoms with Gasteiger partial charge in [-0.3, -0.25) is 9.52 Å². The number of amides is 1. The van der Waals surface area contributed by atoms with E-state index in [4.69, 9.17) is 0 Å². The van der Waals surface area contributed by atoms with Crippen LogP contribution in [0, 0.1) is 17.6 Å². The van der Waals surface area contributed by atoms with Crippen molar-refractivity contribution in [1.29, 1.82) is 0 Å². The molecule has 0 aliphatic carbocycles. The molecule has 1 aromatic heterocycles. The minimum Gasteiger partial charge on any atom is -0.355 e. The lowest BCUT2D eigenvalue weighted by atomic mass is 10.0. The SMILES string of the molecule is CC(C)C(=O)NC1CCCN(c2ccc(S(=O)(=O)Nc3cc(F)cc(F)c3)cn2)C1. The minimum atomic E-state index is -4.05. The van der Waals surface area contributed by atoms with Crippen LogP contribution >= 0.6 is 0 Å². The van der Waals surface area contributed by atoms with Crippen molar-refractivity contribution in [2.24, 2.45) is 5.92 Å². The summed E-state index contributed by atoms with van der Waals surface area (Å²) in [4.78, 5) is 18.0. The molecule has 162 valence electrons. The zero-order valence-electron chi connectivity index (χ0n) is 16.7. The first-order valence-electron chi connectivity index (χ1n) is 9.64. The highest BCUT2D eigenvalue weighted by Crippen LogP contribution is 2.22. The molecule has 1 aromatic carbocycles. The number of aromatic nitrogens is 1. The number of halogens is 2. The number of benzene rings is 1. The van der Waals surface area contributed by atoms with Gasteiger partial charge in [0.25, 0.3) is 10.0 Å². The predicted molar refractivity (Wildman–Crippen MR) is 110 cm³/mol. The number of nitrogens with one attached hydrogen (secondary N) is 2. The average Bonchev–Trinajstić information content (AvgIpc) is 2.67. The van der Waals surface area contributed by atoms with Gasteiger partial charge < -0.3 is 10.2 Å². The summed E-state index contributed by atoms with van der Waals surface area (Å²) in [6, 6.07) is 5.40. The summed E-state index contributed by atoms with van der Waals surface area (Å²) in [5, 5.41) is 3.01. The van der Waals surface area contributed by atoms with Crippen LogP contribution in [0.25, 0.3) is 0 Å². The number of carbonyl (C=O) groups excluding carboxylic acids is 1. The Morgan fingerprint density at radius 1 is 1.20 bits per heavy atom. The third kappa shape index (κ3) is 5.44. The van der Waals surface area contributed by atoms with Crippen LogP contribution in [0.4, 0.5) is 20.3 Å². The highest BCUT2D eigenvalue weighted by molar-refractivity contribution is 7.92. The number of sulfonamides is 1. The Labute approximate surface area is 174 Å². The van der Waals surface area contributed by atoms with E-state index in [2.05, 4.69) is 15.0 Å². The second-order valence-corrected chi connectivity index (χ2v) is 9.25. The maximum Gasteiger partial charge on any atom is 0.263 e. The second-order valence-electron chi connectivity index (χ2n) is 7.56. The summed E-state index contributed by atoms with van der Waals surface area (Å²) in [5.41, 5.74) is -0.212. The van der Waals surface area contributed by atoms with E-state index in [0.29, 0.717) is 18.4 Å². The molecule has 1 aliphatic rings. The quantitative estimate of drug-likeness (QED) is 0.724. The van der Waals surface area contributed by atoms with Crippen LogP contribution in [0.15, 0.2) is 41.4 Å². The smallest absolute Gasteiger partial charge is 0.263 e. The lowest BCUT2D eigenvalue weighted by molar-refractivity contribution is -0.124. The molecule has 0 bridgehead atoms. The van der Waals surface area contributed by atoms with E-state index in [0.717, 1.165) is 31.5 Å². The van der Waals surface area contributed by atoms with Crippen molar-refractivity contribution >= 4 is 27.4 Å². The van der Waals surface area contributed by atoms with E-state index in [1.807, 2.05) is 18.7 Å². The van der Waals surface area contributed by atoms with E-state index < -0.39 is 21.7 Å². The summed E-state index contributed by atoms with van der Waals surface area (Å²) in [5.74, 6) is -1.27. The Kier molecular flexibility index (Phi) is 6.55. The van der Waals surface area contributed by atoms with E-state index in [-0.39, 0.29) is 28.4 Å². The van der Waals surface area contributed by atoms with E-state index >= 15 is 0 Å². The fourth-order valence-corrected chi connectivity index (χ4v) is 4.20. The monoisotopic (exact) mass is 438 g/mol. The molecule has 2 N–H and O–H groups in total. The number of nitrogens with zero attached hydrogens (tertiary/aromatic N) is 2. The highest BCUT2D eigenvalue weighted by Gasteiger charge is 2.24. The van der Waals surface area contributed by atoms with Gasteiger partial charge in [0.1, 0.15) is 22.3 Å². The van der Waals surface area contributed by atoms with Crippen molar-refractivity contribution in [2.45, 2.75) is 37.6 Å². The number of hydrogen-bond donors (Lipinski definition) is 2. The molecule has 1 unspecified atom stereocenters. The number of rotatable bonds is 6. The van der Waals surface area contributed by atoms with Crippen molar-refractivity contribution in [3.63, 3.8) is 0 Å². The molecule has 1 aliphatic heterocycles. The fraction of sp³-hybridized carbons (Fsp3) is 0.400. The topological polar surface area (TPSA) is 91.4 Å². The zero-order chi connectivity index (χ0) is 21.9. The van der Waals surface area contributed by atoms with Crippen molar-refractivity contribution in [1.82, 2.24) is 10.3 Å². The first-order valence-corrected chi connectivity index (χ1v) is 11.1. The number of pyridine rings is 1. The molecule has 1 saturated heterocycles. The molecule has 3 rings (SSSR count). The van der Waals surface area contributed by atoms with Crippen molar-refractivity contribution in [2.75, 3.05) is 22.7 Å². The van der Waals surface area contributed by atoms with Crippen LogP contribution in [0.3, 0.4) is 0 Å². The van der Waals surface area contributed by atoms with Crippen LogP contribution in [0.5, 0.6) is 0 Å². The molecule has 1 fully saturated rings. The van der Waals surface area contributed by atoms with Crippen molar-refractivity contribution in [3.8, 4) is 0 Å². The Morgan fingerprint density at radius 2 is 1.90 bits per heavy atom. The van der Waals surface area contributed by atoms with Gasteiger partial charge in [-0.15, -0.1) is 0 Å². The van der Waals surface area contributed by atoms with Crippen LogP contribution in [0.1, 0.15) is 26.7 Å². The molecule has 30 heavy (non-hydrogen) atoms. The molecule has 0 spiro atoms. The van der Waals surface area contributed by atoms with Gasteiger partial charge in [-0.25, -0.2) is 22.2 Å². The van der Waals surface area contributed by atoms with Gasteiger partial charge in [-0.1, -0.05) is 13.8 Å². The summed E-state index contributed by atoms with van der Waals surface area (Å²) in [6.07, 6.45) is 2.94. The molecule has 0 saturated carbocycles. The molecule has 2 aromatic rings. The number of carbonyl (C=O) groups is 1. The van der Waals surface area contributed by atoms with Gasteiger partial charge in [0.15, 0.2) is 0 Å². The number of piperidine rings is 1. The van der Waals surface area contributed by atoms with Gasteiger partial charge in [-0.05, 0) is 37.1 Å². The molecule has 1 amide bonds. The predicted octanol–water partition coefficient (Wildman–Crippen LogP) is 2.90. The molecule has 10 heteroatoms. The Balaban J connectivity index is 1.70. The van der Waals surface area contributed by atoms with E-state index in [9.17, 15) is 22.0 Å². The Morgan fingerprint density at radius 3 is 2.50 bits per heavy atom. The first-order chi connectivity index (χ1) is 14.1. The van der Waals surface area contributed by atoms with Gasteiger partial charge in [0, 0.05) is 37.3 Å². The molecule has 7 nitrogen and oxygen atoms in total. The first kappa shape index (κ1) is 21.9. The van der Waals surface area contributed by atoms with Crippen molar-refractivity contribution < 1.29 is 22.0 Å². The van der Waals surface area contributed by atoms with Gasteiger partial charge in [0.2, 0.25) is 5.91 Å². The normalized spacial score (nSPS) is 17.1. The summed E-state index contributed by atoms with van der Waals surface area (Å²) < 4.78 is 53.7. The molecule has 0 radical (unpaired) electrons. The van der Waals surface area contributed by atoms with Gasteiger partial charge in [0.05, 0.1) is 5.69 Å². The lowest BCUT2D eigenvalue weighted by Crippen LogP contribution is -2.49. The molecule has 1 atom stereocenters. The van der Waals surface area contributed by atoms with E-state index in [1.54, 1.807) is 6.07 Å². The number of hydrogen-bond acceptors (Lipinski definition) is 5. The second kappa shape index (κ2) is 8.95. The van der Waals surface area contributed by atoms with Crippen LogP contribution in [-0.2, 0) is 14.8 Å². The minimum absolute atomic E-state index is 0.00315. The largest absolute Gasteiger partial charge is 0.355 e. The van der Waals surface area contributed by atoms with Crippen LogP contribution in [0.2, 0.25) is 0 Å². The lowest BCUT2D eigenvalue weighted by Gasteiger charge is -2.34. The molecule has 2 heterocycles. The fourth-order valence-electron chi connectivity index (χ4n) is 3.22. The van der Waals surface area contributed by atoms with Gasteiger partial charge in [-0.2, -0.15) is 0 Å². The van der Waals surface area contributed by atoms with Crippen LogP contribution in [-0.4, -0.2) is 38.4 Å². The molecular formula is C20H24F2N4O3S. The average molecular weight is 439 g/mol. The summed E-state index contributed by atoms with van der Waals surface area (Å²) in [7, 11) is -4.05. The molecular weight excluding hydrogens is 414 g/mol. The van der Waals surface area contributed by atoms with Crippen molar-refractivity contribution in [3.05, 3.63) is 48.2 Å². The zero-order valence-corrected chi connectivity index (χ0v) is 17.5. The summed E-state index contributed by atoms with van der Waals surface area (Å²) in [6.45, 7) is 5.00. The highest BCUT2D eigenvalue weighted by atomic mass is 32.2. The Hall–Kier alpha value is -2.75. The third-order valence-electron chi connectivity index (χ3n) is 4.76. The standard InChI is InChI=1S/C20H24F2N4O3S/c1-13(2)20(27)24-16-4-3-7-26(12-16)19-6-5-18(11-23-19)30(28,29)25-17-9-14(21)8-15(22)10-17/h5-6,8-11,13,16,25H,3-4,7,12H2,1-2H3,(H,24,27). The third-order valence-corrected chi connectivity index (χ3v) is 6.13. The Bertz CT molecular complexity index is 993. The van der Waals surface area contributed by atoms with Gasteiger partial charge >= 0.3 is 0 Å². The van der Waals surface area contributed by atoms with Crippen LogP contribution < -0.4 is 14.9 Å².